The highest BCUT2D eigenvalue weighted by molar-refractivity contribution is 7.19. The van der Waals surface area contributed by atoms with Gasteiger partial charge in [-0.3, -0.25) is 10.1 Å². The minimum atomic E-state index is -2.96. The molecule has 0 spiro atoms. The maximum absolute atomic E-state index is 12.7. The highest BCUT2D eigenvalue weighted by Crippen LogP contribution is 2.27. The highest BCUT2D eigenvalue weighted by atomic mass is 32.1. The lowest BCUT2D eigenvalue weighted by Crippen LogP contribution is -2.26. The summed E-state index contributed by atoms with van der Waals surface area (Å²) in [6.07, 6.45) is 1.48. The molecule has 0 aliphatic carbocycles. The van der Waals surface area contributed by atoms with Crippen LogP contribution in [0.3, 0.4) is 0 Å². The van der Waals surface area contributed by atoms with Crippen LogP contribution in [0.15, 0.2) is 42.6 Å². The summed E-state index contributed by atoms with van der Waals surface area (Å²) >= 11 is 1.19. The number of rotatable bonds is 9. The number of carbonyl (C=O) groups excluding carboxylic acids is 1. The van der Waals surface area contributed by atoms with E-state index < -0.39 is 18.6 Å². The number of methoxy groups -OCH3 is 1. The number of carbonyl (C=O) groups is 1. The minimum absolute atomic E-state index is 0.0631. The lowest BCUT2D eigenvalue weighted by Gasteiger charge is -2.16. The summed E-state index contributed by atoms with van der Waals surface area (Å²) in [6, 6.07) is 9.70. The van der Waals surface area contributed by atoms with Gasteiger partial charge >= 0.3 is 6.61 Å². The van der Waals surface area contributed by atoms with Crippen molar-refractivity contribution in [1.82, 2.24) is 20.4 Å². The molecule has 1 aliphatic heterocycles. The lowest BCUT2D eigenvalue weighted by atomic mass is 10.1. The summed E-state index contributed by atoms with van der Waals surface area (Å²) in [5.74, 6) is 0.247. The zero-order chi connectivity index (χ0) is 23.2. The van der Waals surface area contributed by atoms with Gasteiger partial charge in [0.25, 0.3) is 5.91 Å². The van der Waals surface area contributed by atoms with E-state index in [-0.39, 0.29) is 16.9 Å². The third-order valence-corrected chi connectivity index (χ3v) is 5.68. The van der Waals surface area contributed by atoms with Crippen molar-refractivity contribution in [1.29, 1.82) is 0 Å². The van der Waals surface area contributed by atoms with Crippen molar-refractivity contribution in [2.75, 3.05) is 35.7 Å². The maximum atomic E-state index is 12.7. The second-order valence-electron chi connectivity index (χ2n) is 7.13. The molecule has 13 heteroatoms. The number of hydrogen-bond donors (Lipinski definition) is 2. The van der Waals surface area contributed by atoms with Gasteiger partial charge in [-0.15, -0.1) is 15.3 Å². The molecule has 1 unspecified atom stereocenters. The van der Waals surface area contributed by atoms with Crippen LogP contribution in [0.25, 0.3) is 0 Å². The first-order valence-corrected chi connectivity index (χ1v) is 10.8. The molecule has 3 heterocycles. The van der Waals surface area contributed by atoms with Crippen molar-refractivity contribution in [3.63, 3.8) is 0 Å². The van der Waals surface area contributed by atoms with Gasteiger partial charge in [0.05, 0.1) is 0 Å². The van der Waals surface area contributed by atoms with Gasteiger partial charge in [0, 0.05) is 32.4 Å². The van der Waals surface area contributed by atoms with Gasteiger partial charge in [-0.05, 0) is 36.2 Å². The molecular weight excluding hydrogens is 456 g/mol. The fourth-order valence-corrected chi connectivity index (χ4v) is 4.20. The van der Waals surface area contributed by atoms with Crippen LogP contribution in [-0.2, 0) is 9.53 Å². The van der Waals surface area contributed by atoms with E-state index in [2.05, 4.69) is 40.7 Å². The summed E-state index contributed by atoms with van der Waals surface area (Å²) < 4.78 is 34.6. The average molecular weight is 477 g/mol. The van der Waals surface area contributed by atoms with Crippen LogP contribution in [0.5, 0.6) is 5.75 Å². The molecule has 1 saturated heterocycles. The Hall–Kier alpha value is -3.45. The molecule has 0 bridgehead atoms. The summed E-state index contributed by atoms with van der Waals surface area (Å²) in [5, 5.41) is 22.9. The highest BCUT2D eigenvalue weighted by Gasteiger charge is 2.26. The number of ether oxygens (including phenoxy) is 2. The maximum Gasteiger partial charge on any atom is 0.387 e. The smallest absolute Gasteiger partial charge is 0.387 e. The van der Waals surface area contributed by atoms with E-state index >= 15 is 0 Å². The number of nitrogens with zero attached hydrogens (tertiary/aromatic N) is 5. The third kappa shape index (κ3) is 5.87. The summed E-state index contributed by atoms with van der Waals surface area (Å²) in [5.41, 5.74) is 0.367. The van der Waals surface area contributed by atoms with Crippen molar-refractivity contribution in [3.05, 3.63) is 48.2 Å². The summed E-state index contributed by atoms with van der Waals surface area (Å²) in [7, 11) is 1.35. The number of hydrogen-bond acceptors (Lipinski definition) is 10. The molecule has 2 aromatic heterocycles. The molecule has 4 rings (SSSR count). The van der Waals surface area contributed by atoms with Crippen molar-refractivity contribution in [2.45, 2.75) is 25.2 Å². The first-order chi connectivity index (χ1) is 16.0. The third-order valence-electron chi connectivity index (χ3n) is 4.91. The van der Waals surface area contributed by atoms with Crippen molar-refractivity contribution < 1.29 is 23.0 Å². The Bertz CT molecular complexity index is 1070. The molecule has 1 aromatic carbocycles. The number of nitrogens with one attached hydrogen (secondary N) is 2. The van der Waals surface area contributed by atoms with Gasteiger partial charge in [0.2, 0.25) is 10.3 Å². The zero-order valence-electron chi connectivity index (χ0n) is 17.5. The Morgan fingerprint density at radius 3 is 2.82 bits per heavy atom. The second kappa shape index (κ2) is 10.4. The quantitative estimate of drug-likeness (QED) is 0.480. The second-order valence-corrected chi connectivity index (χ2v) is 8.10. The van der Waals surface area contributed by atoms with Crippen LogP contribution in [-0.4, -0.2) is 59.2 Å². The molecule has 3 aromatic rings. The van der Waals surface area contributed by atoms with Crippen molar-refractivity contribution >= 4 is 33.3 Å². The molecule has 174 valence electrons. The topological polar surface area (TPSA) is 114 Å². The Morgan fingerprint density at radius 1 is 1.21 bits per heavy atom. The predicted octanol–water partition coefficient (Wildman–Crippen LogP) is 2.95. The van der Waals surface area contributed by atoms with Gasteiger partial charge in [-0.2, -0.15) is 13.9 Å². The van der Waals surface area contributed by atoms with E-state index in [4.69, 9.17) is 4.74 Å². The van der Waals surface area contributed by atoms with E-state index in [9.17, 15) is 13.6 Å². The fourth-order valence-electron chi connectivity index (χ4n) is 3.47. The Morgan fingerprint density at radius 2 is 2.06 bits per heavy atom. The molecule has 2 atom stereocenters. The van der Waals surface area contributed by atoms with Crippen LogP contribution in [0.2, 0.25) is 0 Å². The molecule has 10 nitrogen and oxygen atoms in total. The van der Waals surface area contributed by atoms with E-state index in [1.807, 2.05) is 12.1 Å². The molecule has 33 heavy (non-hydrogen) atoms. The molecule has 1 aliphatic rings. The molecule has 1 fully saturated rings. The predicted molar refractivity (Wildman–Crippen MR) is 118 cm³/mol. The Balaban J connectivity index is 1.34. The Kier molecular flexibility index (Phi) is 7.19. The van der Waals surface area contributed by atoms with Crippen LogP contribution >= 0.6 is 11.3 Å². The number of benzene rings is 1. The largest absolute Gasteiger partial charge is 0.435 e. The fraction of sp³-hybridized carbons (Fsp3) is 0.350. The molecule has 1 amide bonds. The van der Waals surface area contributed by atoms with Crippen molar-refractivity contribution in [3.8, 4) is 5.75 Å². The standard InChI is InChI=1S/C20H21F2N7O3S/c1-31-16(12-4-2-5-14(10-12)32-18(21)22)17(30)25-20-28-27-19(33-20)24-13-7-9-29(11-13)15-6-3-8-23-26-15/h2-6,8,10,13,16,18H,7,9,11H2,1H3,(H,24,27)(H,25,28,30)/t13-,16?/m1/s1. The molecule has 0 radical (unpaired) electrons. The number of anilines is 3. The monoisotopic (exact) mass is 477 g/mol. The van der Waals surface area contributed by atoms with Gasteiger partial charge < -0.3 is 19.7 Å². The van der Waals surface area contributed by atoms with Gasteiger partial charge in [-0.1, -0.05) is 23.5 Å². The van der Waals surface area contributed by atoms with E-state index in [0.29, 0.717) is 10.7 Å². The van der Waals surface area contributed by atoms with Crippen LogP contribution < -0.4 is 20.3 Å². The van der Waals surface area contributed by atoms with Crippen LogP contribution in [0.4, 0.5) is 24.9 Å². The zero-order valence-corrected chi connectivity index (χ0v) is 18.3. The van der Waals surface area contributed by atoms with Gasteiger partial charge in [-0.25, -0.2) is 0 Å². The van der Waals surface area contributed by atoms with E-state index in [1.165, 1.54) is 36.6 Å². The minimum Gasteiger partial charge on any atom is -0.435 e. The molecule has 2 N–H and O–H groups in total. The van der Waals surface area contributed by atoms with Gasteiger partial charge in [0.15, 0.2) is 11.9 Å². The van der Waals surface area contributed by atoms with E-state index in [0.717, 1.165) is 25.3 Å². The summed E-state index contributed by atoms with van der Waals surface area (Å²) in [4.78, 5) is 14.8. The van der Waals surface area contributed by atoms with Crippen molar-refractivity contribution in [2.24, 2.45) is 0 Å². The number of amides is 1. The first-order valence-electron chi connectivity index (χ1n) is 10.0. The number of halogens is 2. The molecule has 0 saturated carbocycles. The Labute approximate surface area is 191 Å². The number of alkyl halides is 2. The van der Waals surface area contributed by atoms with Crippen LogP contribution in [0, 0.1) is 0 Å². The van der Waals surface area contributed by atoms with Crippen LogP contribution in [0.1, 0.15) is 18.1 Å². The normalized spacial score (nSPS) is 16.6. The number of aromatic nitrogens is 4. The van der Waals surface area contributed by atoms with Gasteiger partial charge in [0.1, 0.15) is 5.75 Å². The average Bonchev–Trinajstić information content (AvgIpc) is 3.44. The first kappa shape index (κ1) is 22.7. The lowest BCUT2D eigenvalue weighted by molar-refractivity contribution is -0.126. The SMILES string of the molecule is COC(C(=O)Nc1nnc(N[C@@H]2CCN(c3cccnn3)C2)s1)c1cccc(OC(F)F)c1. The molecular formula is C20H21F2N7O3S. The summed E-state index contributed by atoms with van der Waals surface area (Å²) in [6.45, 7) is -1.39. The van der Waals surface area contributed by atoms with E-state index in [1.54, 1.807) is 12.3 Å².